The molecule has 3 aromatic carbocycles. The second kappa shape index (κ2) is 8.69. The molecule has 144 valence electrons. The van der Waals surface area contributed by atoms with Crippen LogP contribution in [0, 0.1) is 0 Å². The van der Waals surface area contributed by atoms with Crippen molar-refractivity contribution in [2.45, 2.75) is 6.42 Å². The molecule has 0 aliphatic carbocycles. The minimum atomic E-state index is -0.198. The number of carbonyl (C=O) groups is 1. The Balaban J connectivity index is 1.41. The molecular formula is C22H16ClN3OS2. The van der Waals surface area contributed by atoms with Gasteiger partial charge in [-0.25, -0.2) is 4.98 Å². The van der Waals surface area contributed by atoms with E-state index in [0.717, 1.165) is 27.6 Å². The molecule has 0 aliphatic rings. The molecule has 7 heteroatoms. The Kier molecular flexibility index (Phi) is 5.85. The Hall–Kier alpha value is -2.80. The maximum Gasteiger partial charge on any atom is 0.230 e. The largest absolute Gasteiger partial charge is 0.308 e. The first-order valence-corrected chi connectivity index (χ1v) is 10.5. The SMILES string of the molecule is O=C(Cc1ccc(Cl)cc1)NC(=S)Nc1nc(-c2cccc3ccccc23)cs1. The molecule has 1 heterocycles. The van der Waals surface area contributed by atoms with Crippen LogP contribution in [0.1, 0.15) is 5.56 Å². The molecule has 0 saturated carbocycles. The summed E-state index contributed by atoms with van der Waals surface area (Å²) in [7, 11) is 0. The lowest BCUT2D eigenvalue weighted by Crippen LogP contribution is -2.35. The number of nitrogens with one attached hydrogen (secondary N) is 2. The van der Waals surface area contributed by atoms with E-state index in [0.29, 0.717) is 10.2 Å². The first-order chi connectivity index (χ1) is 14.1. The van der Waals surface area contributed by atoms with E-state index in [2.05, 4.69) is 33.8 Å². The van der Waals surface area contributed by atoms with E-state index in [1.54, 1.807) is 12.1 Å². The highest BCUT2D eigenvalue weighted by molar-refractivity contribution is 7.80. The van der Waals surface area contributed by atoms with Crippen molar-refractivity contribution >= 4 is 62.1 Å². The first kappa shape index (κ1) is 19.5. The molecule has 1 aromatic heterocycles. The van der Waals surface area contributed by atoms with Crippen LogP contribution >= 0.6 is 35.2 Å². The van der Waals surface area contributed by atoms with Gasteiger partial charge in [-0.05, 0) is 40.7 Å². The number of hydrogen-bond acceptors (Lipinski definition) is 4. The quantitative estimate of drug-likeness (QED) is 0.404. The van der Waals surface area contributed by atoms with Gasteiger partial charge in [0.2, 0.25) is 5.91 Å². The molecule has 0 radical (unpaired) electrons. The number of hydrogen-bond donors (Lipinski definition) is 2. The van der Waals surface area contributed by atoms with Gasteiger partial charge in [0, 0.05) is 16.0 Å². The number of thiazole rings is 1. The van der Waals surface area contributed by atoms with E-state index < -0.39 is 0 Å². The molecule has 29 heavy (non-hydrogen) atoms. The van der Waals surface area contributed by atoms with Crippen molar-refractivity contribution in [2.75, 3.05) is 5.32 Å². The third-order valence-electron chi connectivity index (χ3n) is 4.32. The summed E-state index contributed by atoms with van der Waals surface area (Å²) in [5, 5.41) is 11.5. The zero-order chi connectivity index (χ0) is 20.2. The number of aromatic nitrogens is 1. The minimum absolute atomic E-state index is 0.198. The van der Waals surface area contributed by atoms with Gasteiger partial charge in [-0.15, -0.1) is 11.3 Å². The molecule has 0 aliphatic heterocycles. The number of halogens is 1. The number of rotatable bonds is 4. The lowest BCUT2D eigenvalue weighted by molar-refractivity contribution is -0.119. The summed E-state index contributed by atoms with van der Waals surface area (Å²) in [6.45, 7) is 0. The van der Waals surface area contributed by atoms with E-state index in [1.165, 1.54) is 11.3 Å². The fourth-order valence-electron chi connectivity index (χ4n) is 2.99. The zero-order valence-corrected chi connectivity index (χ0v) is 17.6. The number of thiocarbonyl (C=S) groups is 1. The lowest BCUT2D eigenvalue weighted by Gasteiger charge is -2.07. The van der Waals surface area contributed by atoms with E-state index >= 15 is 0 Å². The van der Waals surface area contributed by atoms with Gasteiger partial charge in [0.25, 0.3) is 0 Å². The van der Waals surface area contributed by atoms with Crippen LogP contribution in [-0.4, -0.2) is 16.0 Å². The zero-order valence-electron chi connectivity index (χ0n) is 15.2. The maximum absolute atomic E-state index is 12.2. The summed E-state index contributed by atoms with van der Waals surface area (Å²) >= 11 is 12.6. The summed E-state index contributed by atoms with van der Waals surface area (Å²) in [6, 6.07) is 21.5. The van der Waals surface area contributed by atoms with E-state index in [-0.39, 0.29) is 17.4 Å². The average Bonchev–Trinajstić information content (AvgIpc) is 3.17. The molecule has 4 nitrogen and oxygen atoms in total. The maximum atomic E-state index is 12.2. The molecule has 2 N–H and O–H groups in total. The van der Waals surface area contributed by atoms with Gasteiger partial charge < -0.3 is 10.6 Å². The topological polar surface area (TPSA) is 54.0 Å². The first-order valence-electron chi connectivity index (χ1n) is 8.87. The van der Waals surface area contributed by atoms with Gasteiger partial charge in [0.05, 0.1) is 12.1 Å². The van der Waals surface area contributed by atoms with Crippen molar-refractivity contribution in [3.8, 4) is 11.3 Å². The second-order valence-electron chi connectivity index (χ2n) is 6.37. The van der Waals surface area contributed by atoms with Crippen LogP contribution < -0.4 is 10.6 Å². The molecule has 0 bridgehead atoms. The standard InChI is InChI=1S/C22H16ClN3OS2/c23-16-10-8-14(9-11-16)12-20(27)25-21(28)26-22-24-19(13-29-22)18-7-3-5-15-4-1-2-6-17(15)18/h1-11,13H,12H2,(H2,24,25,26,27,28). The molecule has 0 fully saturated rings. The van der Waals surface area contributed by atoms with Crippen LogP contribution in [0.15, 0.2) is 72.1 Å². The van der Waals surface area contributed by atoms with Gasteiger partial charge in [0.1, 0.15) is 0 Å². The predicted octanol–water partition coefficient (Wildman–Crippen LogP) is 5.67. The fraction of sp³-hybridized carbons (Fsp3) is 0.0455. The highest BCUT2D eigenvalue weighted by Gasteiger charge is 2.11. The molecule has 4 rings (SSSR count). The Morgan fingerprint density at radius 2 is 1.79 bits per heavy atom. The van der Waals surface area contributed by atoms with Crippen LogP contribution in [0.5, 0.6) is 0 Å². The second-order valence-corrected chi connectivity index (χ2v) is 8.07. The summed E-state index contributed by atoms with van der Waals surface area (Å²) in [6.07, 6.45) is 0.220. The van der Waals surface area contributed by atoms with Crippen molar-refractivity contribution in [3.05, 3.63) is 82.7 Å². The minimum Gasteiger partial charge on any atom is -0.308 e. The molecule has 1 amide bonds. The van der Waals surface area contributed by atoms with Crippen molar-refractivity contribution in [1.82, 2.24) is 10.3 Å². The van der Waals surface area contributed by atoms with Crippen LogP contribution in [0.4, 0.5) is 5.13 Å². The van der Waals surface area contributed by atoms with E-state index in [1.807, 2.05) is 41.8 Å². The molecule has 4 aromatic rings. The van der Waals surface area contributed by atoms with Crippen molar-refractivity contribution < 1.29 is 4.79 Å². The highest BCUT2D eigenvalue weighted by atomic mass is 35.5. The number of carbonyl (C=O) groups excluding carboxylic acids is 1. The number of nitrogens with zero attached hydrogens (tertiary/aromatic N) is 1. The van der Waals surface area contributed by atoms with Crippen LogP contribution in [0.25, 0.3) is 22.0 Å². The van der Waals surface area contributed by atoms with Crippen molar-refractivity contribution in [2.24, 2.45) is 0 Å². The summed E-state index contributed by atoms with van der Waals surface area (Å²) in [5.41, 5.74) is 2.79. The molecular weight excluding hydrogens is 422 g/mol. The molecule has 0 saturated heterocycles. The molecule has 0 spiro atoms. The normalized spacial score (nSPS) is 10.7. The Bertz CT molecular complexity index is 1180. The number of anilines is 1. The van der Waals surface area contributed by atoms with Gasteiger partial charge in [-0.2, -0.15) is 0 Å². The predicted molar refractivity (Wildman–Crippen MR) is 125 cm³/mol. The Morgan fingerprint density at radius 1 is 1.03 bits per heavy atom. The molecule has 0 unspecified atom stereocenters. The summed E-state index contributed by atoms with van der Waals surface area (Å²) < 4.78 is 0. The number of amides is 1. The third kappa shape index (κ3) is 4.79. The third-order valence-corrected chi connectivity index (χ3v) is 5.53. The summed E-state index contributed by atoms with van der Waals surface area (Å²) in [4.78, 5) is 16.8. The Morgan fingerprint density at radius 3 is 2.62 bits per heavy atom. The monoisotopic (exact) mass is 437 g/mol. The molecule has 0 atom stereocenters. The van der Waals surface area contributed by atoms with Gasteiger partial charge >= 0.3 is 0 Å². The van der Waals surface area contributed by atoms with Crippen LogP contribution in [-0.2, 0) is 11.2 Å². The van der Waals surface area contributed by atoms with E-state index in [9.17, 15) is 4.79 Å². The van der Waals surface area contributed by atoms with Crippen LogP contribution in [0.3, 0.4) is 0 Å². The van der Waals surface area contributed by atoms with E-state index in [4.69, 9.17) is 23.8 Å². The van der Waals surface area contributed by atoms with Crippen molar-refractivity contribution in [3.63, 3.8) is 0 Å². The van der Waals surface area contributed by atoms with Crippen LogP contribution in [0.2, 0.25) is 5.02 Å². The average molecular weight is 438 g/mol. The Labute approximate surface area is 182 Å². The van der Waals surface area contributed by atoms with Gasteiger partial charge in [-0.1, -0.05) is 66.2 Å². The highest BCUT2D eigenvalue weighted by Crippen LogP contribution is 2.30. The van der Waals surface area contributed by atoms with Crippen molar-refractivity contribution in [1.29, 1.82) is 0 Å². The van der Waals surface area contributed by atoms with Gasteiger partial charge in [0.15, 0.2) is 10.2 Å². The number of fused-ring (bicyclic) bond motifs is 1. The summed E-state index contributed by atoms with van der Waals surface area (Å²) in [5.74, 6) is -0.198. The fourth-order valence-corrected chi connectivity index (χ4v) is 4.11. The lowest BCUT2D eigenvalue weighted by atomic mass is 10.0. The van der Waals surface area contributed by atoms with Gasteiger partial charge in [-0.3, -0.25) is 4.79 Å². The smallest absolute Gasteiger partial charge is 0.230 e. The number of benzene rings is 3.